The van der Waals surface area contributed by atoms with Crippen LogP contribution >= 0.6 is 0 Å². The minimum Gasteiger partial charge on any atom is -0.368 e. The second-order valence-electron chi connectivity index (χ2n) is 5.88. The maximum atomic E-state index is 5.94. The van der Waals surface area contributed by atoms with Crippen molar-refractivity contribution in [3.05, 3.63) is 22.8 Å². The van der Waals surface area contributed by atoms with E-state index in [1.807, 2.05) is 0 Å². The van der Waals surface area contributed by atoms with E-state index in [1.54, 1.807) is 0 Å². The molecule has 0 radical (unpaired) electrons. The maximum absolute atomic E-state index is 5.94. The van der Waals surface area contributed by atoms with Gasteiger partial charge in [-0.2, -0.15) is 0 Å². The number of likely N-dealkylation sites (N-methyl/N-ethyl adjacent to an activating group) is 1. The van der Waals surface area contributed by atoms with Gasteiger partial charge in [0, 0.05) is 43.9 Å². The van der Waals surface area contributed by atoms with E-state index in [0.717, 1.165) is 64.4 Å². The lowest BCUT2D eigenvalue weighted by Gasteiger charge is -2.32. The third-order valence-corrected chi connectivity index (χ3v) is 4.41. The van der Waals surface area contributed by atoms with Gasteiger partial charge in [-0.05, 0) is 13.0 Å². The first-order valence-corrected chi connectivity index (χ1v) is 8.25. The number of aryl methyl sites for hydroxylation is 1. The van der Waals surface area contributed by atoms with E-state index in [-0.39, 0.29) is 6.10 Å². The zero-order valence-electron chi connectivity index (χ0n) is 13.2. The Balaban J connectivity index is 1.89. The maximum Gasteiger partial charge on any atom is 0.158 e. The standard InChI is InChI=1S/C16H26N4O/c1-3-5-13-12-10-17-7-6-14(12)19-16(18-13)15-11-20(4-2)8-9-21-15/h15,17H,3-11H2,1-2H3. The molecule has 21 heavy (non-hydrogen) atoms. The molecule has 1 N–H and O–H groups in total. The Labute approximate surface area is 127 Å². The van der Waals surface area contributed by atoms with Crippen LogP contribution in [0.4, 0.5) is 0 Å². The van der Waals surface area contributed by atoms with Crippen LogP contribution < -0.4 is 5.32 Å². The highest BCUT2D eigenvalue weighted by Crippen LogP contribution is 2.24. The van der Waals surface area contributed by atoms with Crippen molar-refractivity contribution in [3.63, 3.8) is 0 Å². The predicted molar refractivity (Wildman–Crippen MR) is 82.2 cm³/mol. The van der Waals surface area contributed by atoms with Gasteiger partial charge in [0.25, 0.3) is 0 Å². The average Bonchev–Trinajstić information content (AvgIpc) is 2.55. The number of nitrogens with one attached hydrogen (secondary N) is 1. The minimum absolute atomic E-state index is 0.0366. The molecule has 3 rings (SSSR count). The van der Waals surface area contributed by atoms with E-state index < -0.39 is 0 Å². The molecule has 0 aliphatic carbocycles. The van der Waals surface area contributed by atoms with Crippen molar-refractivity contribution in [3.8, 4) is 0 Å². The van der Waals surface area contributed by atoms with Gasteiger partial charge in [0.05, 0.1) is 12.3 Å². The van der Waals surface area contributed by atoms with Gasteiger partial charge in [0.1, 0.15) is 6.10 Å². The molecule has 1 unspecified atom stereocenters. The molecule has 0 spiro atoms. The van der Waals surface area contributed by atoms with Crippen LogP contribution in [0, 0.1) is 0 Å². The SMILES string of the molecule is CCCc1nc(C2CN(CC)CCO2)nc2c1CNCC2. The van der Waals surface area contributed by atoms with E-state index >= 15 is 0 Å². The molecule has 1 aromatic heterocycles. The first-order valence-electron chi connectivity index (χ1n) is 8.25. The summed E-state index contributed by atoms with van der Waals surface area (Å²) in [5.74, 6) is 0.900. The van der Waals surface area contributed by atoms with Gasteiger partial charge < -0.3 is 10.1 Å². The molecule has 5 nitrogen and oxygen atoms in total. The van der Waals surface area contributed by atoms with Crippen molar-refractivity contribution < 1.29 is 4.74 Å². The molecule has 1 saturated heterocycles. The highest BCUT2D eigenvalue weighted by molar-refractivity contribution is 5.29. The van der Waals surface area contributed by atoms with Crippen LogP contribution in [0.15, 0.2) is 0 Å². The van der Waals surface area contributed by atoms with Crippen molar-refractivity contribution in [2.75, 3.05) is 32.8 Å². The van der Waals surface area contributed by atoms with Crippen LogP contribution in [0.1, 0.15) is 49.1 Å². The molecule has 0 aromatic carbocycles. The van der Waals surface area contributed by atoms with Crippen LogP contribution in [-0.4, -0.2) is 47.7 Å². The van der Waals surface area contributed by atoms with Gasteiger partial charge in [-0.1, -0.05) is 20.3 Å². The molecule has 2 aliphatic heterocycles. The minimum atomic E-state index is 0.0366. The van der Waals surface area contributed by atoms with Gasteiger partial charge in [-0.3, -0.25) is 4.90 Å². The molecule has 5 heteroatoms. The summed E-state index contributed by atoms with van der Waals surface area (Å²) in [4.78, 5) is 12.1. The number of morpholine rings is 1. The normalized spacial score (nSPS) is 23.0. The Kier molecular flexibility index (Phi) is 4.83. The molecular weight excluding hydrogens is 264 g/mol. The Morgan fingerprint density at radius 3 is 3.05 bits per heavy atom. The molecule has 0 amide bonds. The van der Waals surface area contributed by atoms with E-state index in [2.05, 4.69) is 24.1 Å². The highest BCUT2D eigenvalue weighted by Gasteiger charge is 2.26. The molecule has 116 valence electrons. The monoisotopic (exact) mass is 290 g/mol. The first-order chi connectivity index (χ1) is 10.3. The van der Waals surface area contributed by atoms with E-state index in [0.29, 0.717) is 0 Å². The Bertz CT molecular complexity index is 491. The van der Waals surface area contributed by atoms with Gasteiger partial charge in [0.2, 0.25) is 0 Å². The smallest absolute Gasteiger partial charge is 0.158 e. The Morgan fingerprint density at radius 1 is 1.33 bits per heavy atom. The van der Waals surface area contributed by atoms with Gasteiger partial charge >= 0.3 is 0 Å². The summed E-state index contributed by atoms with van der Waals surface area (Å²) in [5.41, 5.74) is 3.79. The molecule has 3 heterocycles. The van der Waals surface area contributed by atoms with Crippen molar-refractivity contribution in [1.29, 1.82) is 0 Å². The number of aromatic nitrogens is 2. The van der Waals surface area contributed by atoms with Crippen molar-refractivity contribution in [2.45, 2.75) is 45.8 Å². The van der Waals surface area contributed by atoms with Crippen LogP contribution in [0.3, 0.4) is 0 Å². The number of hydrogen-bond donors (Lipinski definition) is 1. The van der Waals surface area contributed by atoms with Crippen LogP contribution in [0.5, 0.6) is 0 Å². The zero-order valence-corrected chi connectivity index (χ0v) is 13.2. The van der Waals surface area contributed by atoms with Crippen LogP contribution in [0.2, 0.25) is 0 Å². The fraction of sp³-hybridized carbons (Fsp3) is 0.750. The number of ether oxygens (including phenoxy) is 1. The van der Waals surface area contributed by atoms with Gasteiger partial charge in [-0.25, -0.2) is 9.97 Å². The van der Waals surface area contributed by atoms with Gasteiger partial charge in [0.15, 0.2) is 5.82 Å². The van der Waals surface area contributed by atoms with Crippen molar-refractivity contribution in [2.24, 2.45) is 0 Å². The third-order valence-electron chi connectivity index (χ3n) is 4.41. The fourth-order valence-corrected chi connectivity index (χ4v) is 3.17. The summed E-state index contributed by atoms with van der Waals surface area (Å²) >= 11 is 0. The molecular formula is C16H26N4O. The first kappa shape index (κ1) is 14.9. The number of nitrogens with zero attached hydrogens (tertiary/aromatic N) is 3. The summed E-state index contributed by atoms with van der Waals surface area (Å²) in [6, 6.07) is 0. The molecule has 0 saturated carbocycles. The topological polar surface area (TPSA) is 50.3 Å². The van der Waals surface area contributed by atoms with E-state index in [1.165, 1.54) is 17.0 Å². The van der Waals surface area contributed by atoms with Crippen molar-refractivity contribution in [1.82, 2.24) is 20.2 Å². The number of rotatable bonds is 4. The van der Waals surface area contributed by atoms with E-state index in [9.17, 15) is 0 Å². The average molecular weight is 290 g/mol. The van der Waals surface area contributed by atoms with Crippen LogP contribution in [0.25, 0.3) is 0 Å². The molecule has 0 bridgehead atoms. The second kappa shape index (κ2) is 6.81. The third kappa shape index (κ3) is 3.25. The highest BCUT2D eigenvalue weighted by atomic mass is 16.5. The summed E-state index contributed by atoms with van der Waals surface area (Å²) in [7, 11) is 0. The predicted octanol–water partition coefficient (Wildman–Crippen LogP) is 1.47. The molecule has 2 aliphatic rings. The Morgan fingerprint density at radius 2 is 2.24 bits per heavy atom. The summed E-state index contributed by atoms with van der Waals surface area (Å²) in [5, 5.41) is 3.44. The molecule has 1 aromatic rings. The fourth-order valence-electron chi connectivity index (χ4n) is 3.17. The zero-order chi connectivity index (χ0) is 14.7. The van der Waals surface area contributed by atoms with Crippen molar-refractivity contribution >= 4 is 0 Å². The van der Waals surface area contributed by atoms with Crippen LogP contribution in [-0.2, 0) is 24.1 Å². The number of hydrogen-bond acceptors (Lipinski definition) is 5. The second-order valence-corrected chi connectivity index (χ2v) is 5.88. The van der Waals surface area contributed by atoms with E-state index in [4.69, 9.17) is 14.7 Å². The lowest BCUT2D eigenvalue weighted by molar-refractivity contribution is -0.0328. The molecule has 1 fully saturated rings. The molecule has 1 atom stereocenters. The quantitative estimate of drug-likeness (QED) is 0.910. The number of fused-ring (bicyclic) bond motifs is 1. The summed E-state index contributed by atoms with van der Waals surface area (Å²) in [6.07, 6.45) is 3.19. The lowest BCUT2D eigenvalue weighted by Crippen LogP contribution is -2.39. The summed E-state index contributed by atoms with van der Waals surface area (Å²) in [6.45, 7) is 10.1. The van der Waals surface area contributed by atoms with Gasteiger partial charge in [-0.15, -0.1) is 0 Å². The lowest BCUT2D eigenvalue weighted by atomic mass is 10.0. The largest absolute Gasteiger partial charge is 0.368 e. The summed E-state index contributed by atoms with van der Waals surface area (Å²) < 4.78 is 5.94. The Hall–Kier alpha value is -1.04.